The Kier molecular flexibility index (Phi) is 5.55. The third-order valence-electron chi connectivity index (χ3n) is 2.51. The fourth-order valence-corrected chi connectivity index (χ4v) is 1.98. The molecule has 0 aliphatic carbocycles. The number of hydrogen-bond donors (Lipinski definition) is 2. The lowest BCUT2D eigenvalue weighted by Crippen LogP contribution is -2.37. The fraction of sp³-hybridized carbons (Fsp3) is 0.455. The number of hydrazine groups is 1. The molecule has 1 aromatic rings. The zero-order valence-corrected chi connectivity index (χ0v) is 11.0. The van der Waals surface area contributed by atoms with E-state index in [1.807, 2.05) is 0 Å². The SMILES string of the molecule is NNC(CCC(F)(F)F)Cc1cccc(F)c1Br. The van der Waals surface area contributed by atoms with Gasteiger partial charge >= 0.3 is 6.18 Å². The summed E-state index contributed by atoms with van der Waals surface area (Å²) in [4.78, 5) is 0. The molecule has 0 radical (unpaired) electrons. The summed E-state index contributed by atoms with van der Waals surface area (Å²) in [6, 6.07) is 3.87. The van der Waals surface area contributed by atoms with Crippen LogP contribution in [0, 0.1) is 5.82 Å². The van der Waals surface area contributed by atoms with Crippen molar-refractivity contribution >= 4 is 15.9 Å². The van der Waals surface area contributed by atoms with Gasteiger partial charge in [-0.1, -0.05) is 12.1 Å². The molecule has 0 aliphatic rings. The maximum atomic E-state index is 13.2. The van der Waals surface area contributed by atoms with Crippen molar-refractivity contribution in [1.29, 1.82) is 0 Å². The molecule has 1 unspecified atom stereocenters. The minimum Gasteiger partial charge on any atom is -0.271 e. The molecule has 3 N–H and O–H groups in total. The van der Waals surface area contributed by atoms with Crippen LogP contribution in [0.25, 0.3) is 0 Å². The van der Waals surface area contributed by atoms with Crippen LogP contribution in [0.5, 0.6) is 0 Å². The Morgan fingerprint density at radius 2 is 2.00 bits per heavy atom. The molecule has 18 heavy (non-hydrogen) atoms. The molecule has 0 bridgehead atoms. The molecule has 0 amide bonds. The number of nitrogens with one attached hydrogen (secondary N) is 1. The van der Waals surface area contributed by atoms with Crippen LogP contribution in [0.15, 0.2) is 22.7 Å². The maximum absolute atomic E-state index is 13.2. The zero-order valence-electron chi connectivity index (χ0n) is 9.40. The molecule has 2 nitrogen and oxygen atoms in total. The highest BCUT2D eigenvalue weighted by atomic mass is 79.9. The molecule has 0 saturated carbocycles. The lowest BCUT2D eigenvalue weighted by molar-refractivity contribution is -0.136. The highest BCUT2D eigenvalue weighted by Crippen LogP contribution is 2.25. The Morgan fingerprint density at radius 1 is 1.33 bits per heavy atom. The minimum atomic E-state index is -4.21. The van der Waals surface area contributed by atoms with E-state index in [4.69, 9.17) is 5.84 Å². The summed E-state index contributed by atoms with van der Waals surface area (Å²) >= 11 is 3.06. The van der Waals surface area contributed by atoms with Crippen molar-refractivity contribution in [3.05, 3.63) is 34.1 Å². The monoisotopic (exact) mass is 328 g/mol. The van der Waals surface area contributed by atoms with Crippen molar-refractivity contribution in [1.82, 2.24) is 5.43 Å². The van der Waals surface area contributed by atoms with Crippen LogP contribution < -0.4 is 11.3 Å². The lowest BCUT2D eigenvalue weighted by Gasteiger charge is -2.17. The van der Waals surface area contributed by atoms with E-state index < -0.39 is 24.5 Å². The van der Waals surface area contributed by atoms with Crippen LogP contribution in [0.1, 0.15) is 18.4 Å². The molecule has 0 saturated heterocycles. The van der Waals surface area contributed by atoms with Gasteiger partial charge in [-0.3, -0.25) is 11.3 Å². The standard InChI is InChI=1S/C11H13BrF4N2/c12-10-7(2-1-3-9(10)13)6-8(18-17)4-5-11(14,15)16/h1-3,8,18H,4-6,17H2. The Hall–Kier alpha value is -0.660. The second kappa shape index (κ2) is 6.49. The van der Waals surface area contributed by atoms with E-state index in [-0.39, 0.29) is 17.3 Å². The normalized spacial score (nSPS) is 13.7. The van der Waals surface area contributed by atoms with Crippen molar-refractivity contribution in [3.8, 4) is 0 Å². The summed E-state index contributed by atoms with van der Waals surface area (Å²) in [6.45, 7) is 0. The summed E-state index contributed by atoms with van der Waals surface area (Å²) in [5.41, 5.74) is 2.91. The number of halogens is 5. The van der Waals surface area contributed by atoms with Gasteiger partial charge in [0.25, 0.3) is 0 Å². The van der Waals surface area contributed by atoms with Gasteiger partial charge in [-0.05, 0) is 40.4 Å². The molecule has 7 heteroatoms. The van der Waals surface area contributed by atoms with Gasteiger partial charge in [0.1, 0.15) is 5.82 Å². The number of nitrogens with two attached hydrogens (primary N) is 1. The maximum Gasteiger partial charge on any atom is 0.389 e. The van der Waals surface area contributed by atoms with E-state index >= 15 is 0 Å². The Bertz CT molecular complexity index is 395. The van der Waals surface area contributed by atoms with Gasteiger partial charge < -0.3 is 0 Å². The third-order valence-corrected chi connectivity index (χ3v) is 3.40. The first kappa shape index (κ1) is 15.4. The van der Waals surface area contributed by atoms with Gasteiger partial charge in [-0.15, -0.1) is 0 Å². The van der Waals surface area contributed by atoms with E-state index in [0.717, 1.165) is 0 Å². The van der Waals surface area contributed by atoms with Crippen LogP contribution in [0.3, 0.4) is 0 Å². The van der Waals surface area contributed by atoms with Crippen molar-refractivity contribution in [2.75, 3.05) is 0 Å². The third kappa shape index (κ3) is 4.91. The van der Waals surface area contributed by atoms with Crippen LogP contribution >= 0.6 is 15.9 Å². The van der Waals surface area contributed by atoms with Crippen LogP contribution in [-0.4, -0.2) is 12.2 Å². The molecule has 1 rings (SSSR count). The quantitative estimate of drug-likeness (QED) is 0.494. The molecule has 0 fully saturated rings. The van der Waals surface area contributed by atoms with Crippen molar-refractivity contribution in [2.45, 2.75) is 31.5 Å². The van der Waals surface area contributed by atoms with Gasteiger partial charge in [0.15, 0.2) is 0 Å². The molecule has 1 aromatic carbocycles. The van der Waals surface area contributed by atoms with Crippen molar-refractivity contribution in [3.63, 3.8) is 0 Å². The van der Waals surface area contributed by atoms with Gasteiger partial charge in [-0.2, -0.15) is 13.2 Å². The molecule has 0 spiro atoms. The fourth-order valence-electron chi connectivity index (χ4n) is 1.55. The number of hydrogen-bond acceptors (Lipinski definition) is 2. The molecular weight excluding hydrogens is 316 g/mol. The second-order valence-corrected chi connectivity index (χ2v) is 4.73. The summed E-state index contributed by atoms with van der Waals surface area (Å²) in [5, 5.41) is 0. The van der Waals surface area contributed by atoms with E-state index in [2.05, 4.69) is 21.4 Å². The second-order valence-electron chi connectivity index (χ2n) is 3.93. The average molecular weight is 329 g/mol. The summed E-state index contributed by atoms with van der Waals surface area (Å²) in [5.74, 6) is 4.77. The summed E-state index contributed by atoms with van der Waals surface area (Å²) < 4.78 is 49.8. The minimum absolute atomic E-state index is 0.150. The van der Waals surface area contributed by atoms with Crippen LogP contribution in [-0.2, 0) is 6.42 Å². The molecule has 0 heterocycles. The van der Waals surface area contributed by atoms with E-state index in [1.54, 1.807) is 6.07 Å². The van der Waals surface area contributed by atoms with Crippen molar-refractivity contribution in [2.24, 2.45) is 5.84 Å². The van der Waals surface area contributed by atoms with E-state index in [1.165, 1.54) is 12.1 Å². The molecule has 102 valence electrons. The molecular formula is C11H13BrF4N2. The largest absolute Gasteiger partial charge is 0.389 e. The van der Waals surface area contributed by atoms with Gasteiger partial charge in [0.05, 0.1) is 4.47 Å². The number of rotatable bonds is 5. The summed E-state index contributed by atoms with van der Waals surface area (Å²) in [7, 11) is 0. The Labute approximate surface area is 111 Å². The summed E-state index contributed by atoms with van der Waals surface area (Å²) in [6.07, 6.45) is -5.06. The predicted molar refractivity (Wildman–Crippen MR) is 64.2 cm³/mol. The lowest BCUT2D eigenvalue weighted by atomic mass is 10.0. The van der Waals surface area contributed by atoms with Gasteiger partial charge in [0.2, 0.25) is 0 Å². The highest BCUT2D eigenvalue weighted by molar-refractivity contribution is 9.10. The number of alkyl halides is 3. The van der Waals surface area contributed by atoms with E-state index in [0.29, 0.717) is 5.56 Å². The molecule has 0 aromatic heterocycles. The Morgan fingerprint density at radius 3 is 2.56 bits per heavy atom. The zero-order chi connectivity index (χ0) is 13.8. The number of benzene rings is 1. The van der Waals surface area contributed by atoms with E-state index in [9.17, 15) is 17.6 Å². The molecule has 1 atom stereocenters. The topological polar surface area (TPSA) is 38.0 Å². The van der Waals surface area contributed by atoms with Crippen LogP contribution in [0.4, 0.5) is 17.6 Å². The van der Waals surface area contributed by atoms with Crippen LogP contribution in [0.2, 0.25) is 0 Å². The van der Waals surface area contributed by atoms with Gasteiger partial charge in [-0.25, -0.2) is 4.39 Å². The first-order chi connectivity index (χ1) is 8.33. The predicted octanol–water partition coefficient (Wildman–Crippen LogP) is 3.31. The first-order valence-electron chi connectivity index (χ1n) is 5.29. The first-order valence-corrected chi connectivity index (χ1v) is 6.08. The van der Waals surface area contributed by atoms with Gasteiger partial charge in [0, 0.05) is 12.5 Å². The highest BCUT2D eigenvalue weighted by Gasteiger charge is 2.28. The smallest absolute Gasteiger partial charge is 0.271 e. The average Bonchev–Trinajstić information content (AvgIpc) is 2.28. The molecule has 0 aliphatic heterocycles. The van der Waals surface area contributed by atoms with Crippen molar-refractivity contribution < 1.29 is 17.6 Å². The Balaban J connectivity index is 2.65.